The van der Waals surface area contributed by atoms with Crippen LogP contribution in [0.1, 0.15) is 19.8 Å². The Bertz CT molecular complexity index is 191. The van der Waals surface area contributed by atoms with Crippen LogP contribution in [0.15, 0.2) is 0 Å². The van der Waals surface area contributed by atoms with Crippen LogP contribution >= 0.6 is 11.8 Å². The van der Waals surface area contributed by atoms with Gasteiger partial charge in [-0.25, -0.2) is 0 Å². The van der Waals surface area contributed by atoms with E-state index in [-0.39, 0.29) is 0 Å². The second-order valence-electron chi connectivity index (χ2n) is 5.00. The maximum atomic E-state index is 5.47. The molecule has 0 saturated carbocycles. The third-order valence-electron chi connectivity index (χ3n) is 3.42. The van der Waals surface area contributed by atoms with Crippen molar-refractivity contribution < 1.29 is 4.74 Å². The average Bonchev–Trinajstić information content (AvgIpc) is 2.81. The number of nitrogens with one attached hydrogen (secondary N) is 2. The zero-order valence-electron chi connectivity index (χ0n) is 10.2. The van der Waals surface area contributed by atoms with Crippen LogP contribution in [0.3, 0.4) is 0 Å². The minimum absolute atomic E-state index is 0.550. The van der Waals surface area contributed by atoms with Crippen molar-refractivity contribution in [1.29, 1.82) is 0 Å². The molecule has 0 aliphatic carbocycles. The highest BCUT2D eigenvalue weighted by Gasteiger charge is 2.18. The molecule has 3 nitrogen and oxygen atoms in total. The number of hydrogen-bond donors (Lipinski definition) is 2. The van der Waals surface area contributed by atoms with Gasteiger partial charge in [-0.05, 0) is 43.7 Å². The Balaban J connectivity index is 1.57. The first-order chi connectivity index (χ1) is 7.84. The smallest absolute Gasteiger partial charge is 0.0620 e. The fraction of sp³-hybridized carbons (Fsp3) is 1.00. The molecule has 2 aliphatic heterocycles. The van der Waals surface area contributed by atoms with E-state index in [1.807, 2.05) is 0 Å². The van der Waals surface area contributed by atoms with Gasteiger partial charge < -0.3 is 15.4 Å². The average molecular weight is 244 g/mol. The summed E-state index contributed by atoms with van der Waals surface area (Å²) in [6.07, 6.45) is 2.58. The fourth-order valence-corrected chi connectivity index (χ4v) is 3.68. The molecule has 3 atom stereocenters. The number of rotatable bonds is 5. The van der Waals surface area contributed by atoms with Gasteiger partial charge >= 0.3 is 0 Å². The summed E-state index contributed by atoms with van der Waals surface area (Å²) in [6.45, 7) is 6.25. The van der Waals surface area contributed by atoms with Crippen molar-refractivity contribution in [3.8, 4) is 0 Å². The topological polar surface area (TPSA) is 33.3 Å². The lowest BCUT2D eigenvalue weighted by atomic mass is 10.1. The van der Waals surface area contributed by atoms with E-state index in [1.165, 1.54) is 30.9 Å². The maximum absolute atomic E-state index is 5.47. The fourth-order valence-electron chi connectivity index (χ4n) is 2.39. The molecule has 0 aromatic heterocycles. The Morgan fingerprint density at radius 3 is 3.19 bits per heavy atom. The molecule has 16 heavy (non-hydrogen) atoms. The first-order valence-corrected chi connectivity index (χ1v) is 7.62. The summed E-state index contributed by atoms with van der Waals surface area (Å²) in [7, 11) is 0. The van der Waals surface area contributed by atoms with Crippen molar-refractivity contribution in [3.63, 3.8) is 0 Å². The zero-order valence-corrected chi connectivity index (χ0v) is 11.0. The summed E-state index contributed by atoms with van der Waals surface area (Å²) in [6, 6.07) is 1.15. The number of hydrogen-bond acceptors (Lipinski definition) is 4. The summed E-state index contributed by atoms with van der Waals surface area (Å²) < 4.78 is 5.47. The van der Waals surface area contributed by atoms with Crippen LogP contribution in [0.2, 0.25) is 0 Å². The molecule has 2 saturated heterocycles. The van der Waals surface area contributed by atoms with Crippen LogP contribution in [0, 0.1) is 5.92 Å². The molecule has 2 N–H and O–H groups in total. The molecule has 2 fully saturated rings. The molecule has 3 unspecified atom stereocenters. The highest BCUT2D eigenvalue weighted by molar-refractivity contribution is 7.99. The lowest BCUT2D eigenvalue weighted by Gasteiger charge is -2.27. The van der Waals surface area contributed by atoms with Crippen molar-refractivity contribution >= 4 is 11.8 Å². The molecule has 2 aliphatic rings. The lowest BCUT2D eigenvalue weighted by molar-refractivity contribution is 0.0711. The molecule has 0 amide bonds. The van der Waals surface area contributed by atoms with Crippen LogP contribution in [0.4, 0.5) is 0 Å². The van der Waals surface area contributed by atoms with E-state index in [0.29, 0.717) is 12.1 Å². The number of morpholine rings is 1. The van der Waals surface area contributed by atoms with Gasteiger partial charge in [-0.15, -0.1) is 0 Å². The van der Waals surface area contributed by atoms with Crippen LogP contribution < -0.4 is 10.6 Å². The van der Waals surface area contributed by atoms with Crippen molar-refractivity contribution in [2.75, 3.05) is 37.8 Å². The van der Waals surface area contributed by atoms with Gasteiger partial charge in [-0.1, -0.05) is 0 Å². The first kappa shape index (κ1) is 12.7. The monoisotopic (exact) mass is 244 g/mol. The van der Waals surface area contributed by atoms with E-state index in [9.17, 15) is 0 Å². The summed E-state index contributed by atoms with van der Waals surface area (Å²) in [4.78, 5) is 0. The molecule has 2 rings (SSSR count). The van der Waals surface area contributed by atoms with E-state index in [2.05, 4.69) is 29.3 Å². The lowest BCUT2D eigenvalue weighted by Crippen LogP contribution is -2.45. The van der Waals surface area contributed by atoms with Crippen LogP contribution in [0.25, 0.3) is 0 Å². The van der Waals surface area contributed by atoms with Crippen LogP contribution in [-0.2, 0) is 4.74 Å². The minimum Gasteiger partial charge on any atom is -0.379 e. The second kappa shape index (κ2) is 6.84. The third-order valence-corrected chi connectivity index (χ3v) is 4.65. The maximum Gasteiger partial charge on any atom is 0.0620 e. The summed E-state index contributed by atoms with van der Waals surface area (Å²) in [5, 5.41) is 7.17. The molecule has 94 valence electrons. The quantitative estimate of drug-likeness (QED) is 0.759. The van der Waals surface area contributed by atoms with E-state index < -0.39 is 0 Å². The molecule has 0 bridgehead atoms. The van der Waals surface area contributed by atoms with Gasteiger partial charge in [-0.2, -0.15) is 11.8 Å². The standard InChI is InChI=1S/C12H24N2OS/c1-10(6-12-8-15-4-3-13-12)14-7-11-2-5-16-9-11/h10-14H,2-9H2,1H3. The van der Waals surface area contributed by atoms with Gasteiger partial charge in [0.25, 0.3) is 0 Å². The second-order valence-corrected chi connectivity index (χ2v) is 6.15. The predicted octanol–water partition coefficient (Wildman–Crippen LogP) is 1.10. The largest absolute Gasteiger partial charge is 0.379 e. The SMILES string of the molecule is CC(CC1COCCN1)NCC1CCSC1. The Morgan fingerprint density at radius 1 is 1.56 bits per heavy atom. The van der Waals surface area contributed by atoms with E-state index in [1.54, 1.807) is 0 Å². The van der Waals surface area contributed by atoms with Crippen molar-refractivity contribution in [3.05, 3.63) is 0 Å². The van der Waals surface area contributed by atoms with Gasteiger partial charge in [0.1, 0.15) is 0 Å². The van der Waals surface area contributed by atoms with Crippen molar-refractivity contribution in [2.24, 2.45) is 5.92 Å². The zero-order chi connectivity index (χ0) is 11.2. The minimum atomic E-state index is 0.550. The van der Waals surface area contributed by atoms with Gasteiger partial charge in [0.05, 0.1) is 13.2 Å². The van der Waals surface area contributed by atoms with Crippen LogP contribution in [0.5, 0.6) is 0 Å². The molecule has 4 heteroatoms. The normalized spacial score (nSPS) is 32.8. The highest BCUT2D eigenvalue weighted by atomic mass is 32.2. The number of thioether (sulfide) groups is 1. The molecule has 0 aromatic rings. The molecular formula is C12H24N2OS. The Labute approximate surface area is 103 Å². The Kier molecular flexibility index (Phi) is 5.42. The molecule has 2 heterocycles. The predicted molar refractivity (Wildman–Crippen MR) is 70.1 cm³/mol. The van der Waals surface area contributed by atoms with Crippen LogP contribution in [-0.4, -0.2) is 49.9 Å². The Morgan fingerprint density at radius 2 is 2.50 bits per heavy atom. The molecule has 0 spiro atoms. The molecule has 0 radical (unpaired) electrons. The van der Waals surface area contributed by atoms with Crippen molar-refractivity contribution in [1.82, 2.24) is 10.6 Å². The summed E-state index contributed by atoms with van der Waals surface area (Å²) in [5.74, 6) is 3.62. The van der Waals surface area contributed by atoms with Gasteiger partial charge in [-0.3, -0.25) is 0 Å². The first-order valence-electron chi connectivity index (χ1n) is 6.47. The van der Waals surface area contributed by atoms with Gasteiger partial charge in [0.15, 0.2) is 0 Å². The van der Waals surface area contributed by atoms with Gasteiger partial charge in [0.2, 0.25) is 0 Å². The molecule has 0 aromatic carbocycles. The summed E-state index contributed by atoms with van der Waals surface area (Å²) >= 11 is 2.10. The van der Waals surface area contributed by atoms with Crippen molar-refractivity contribution in [2.45, 2.75) is 31.8 Å². The molecular weight excluding hydrogens is 220 g/mol. The third kappa shape index (κ3) is 4.24. The van der Waals surface area contributed by atoms with E-state index >= 15 is 0 Å². The van der Waals surface area contributed by atoms with E-state index in [0.717, 1.165) is 25.7 Å². The van der Waals surface area contributed by atoms with Gasteiger partial charge in [0, 0.05) is 18.6 Å². The van der Waals surface area contributed by atoms with E-state index in [4.69, 9.17) is 4.74 Å². The number of ether oxygens (including phenoxy) is 1. The summed E-state index contributed by atoms with van der Waals surface area (Å²) in [5.41, 5.74) is 0. The highest BCUT2D eigenvalue weighted by Crippen LogP contribution is 2.22. The Hall–Kier alpha value is 0.230.